The summed E-state index contributed by atoms with van der Waals surface area (Å²) in [5, 5.41) is 0.817. The van der Waals surface area contributed by atoms with Crippen LogP contribution in [0.1, 0.15) is 37.9 Å². The maximum atomic E-state index is 12.7. The Balaban J connectivity index is 1.67. The lowest BCUT2D eigenvalue weighted by molar-refractivity contribution is 0.0544. The molecule has 1 unspecified atom stereocenters. The minimum absolute atomic E-state index is 0.277. The van der Waals surface area contributed by atoms with E-state index in [1.54, 1.807) is 6.20 Å². The Morgan fingerprint density at radius 1 is 1.10 bits per heavy atom. The van der Waals surface area contributed by atoms with Gasteiger partial charge in [0.2, 0.25) is 0 Å². The van der Waals surface area contributed by atoms with E-state index in [1.165, 1.54) is 8.87 Å². The number of carbonyl (C=O) groups excluding carboxylic acids is 1. The molecule has 0 amide bonds. The van der Waals surface area contributed by atoms with Gasteiger partial charge in [-0.2, -0.15) is 17.4 Å². The summed E-state index contributed by atoms with van der Waals surface area (Å²) in [6, 6.07) is 16.4. The molecule has 7 nitrogen and oxygen atoms in total. The molecule has 3 aromatic rings. The van der Waals surface area contributed by atoms with Gasteiger partial charge in [-0.1, -0.05) is 48.5 Å². The standard InChI is InChI=1S/C22H25N3O4S/c1-22(2,3)29-21(26)25-14-18(17-11-7-8-12-20(17)25)19-15-24(30(27,28)23-19)13-16-9-5-4-6-10-16/h4-12,14,19,23H,13,15H2,1-3H3. The second kappa shape index (κ2) is 7.54. The van der Waals surface area contributed by atoms with Gasteiger partial charge in [-0.3, -0.25) is 4.57 Å². The SMILES string of the molecule is CC(C)(C)OC(=O)n1cc(C2CN(Cc3ccccc3)S(=O)(=O)N2)c2ccccc21. The fourth-order valence-corrected chi connectivity index (χ4v) is 5.01. The zero-order valence-electron chi connectivity index (χ0n) is 17.2. The summed E-state index contributed by atoms with van der Waals surface area (Å²) < 4.78 is 36.6. The minimum atomic E-state index is -3.63. The number of fused-ring (bicyclic) bond motifs is 1. The van der Waals surface area contributed by atoms with E-state index >= 15 is 0 Å². The van der Waals surface area contributed by atoms with Gasteiger partial charge < -0.3 is 4.74 Å². The topological polar surface area (TPSA) is 80.6 Å². The lowest BCUT2D eigenvalue weighted by Crippen LogP contribution is -2.29. The van der Waals surface area contributed by atoms with Crippen LogP contribution in [0, 0.1) is 0 Å². The van der Waals surface area contributed by atoms with Crippen molar-refractivity contribution < 1.29 is 17.9 Å². The number of benzene rings is 2. The molecule has 0 saturated carbocycles. The molecule has 1 atom stereocenters. The van der Waals surface area contributed by atoms with Gasteiger partial charge >= 0.3 is 6.09 Å². The van der Waals surface area contributed by atoms with Crippen molar-refractivity contribution in [2.24, 2.45) is 0 Å². The van der Waals surface area contributed by atoms with Crippen LogP contribution < -0.4 is 4.72 Å². The van der Waals surface area contributed by atoms with Gasteiger partial charge in [0.25, 0.3) is 10.2 Å². The van der Waals surface area contributed by atoms with Crippen molar-refractivity contribution in [3.05, 3.63) is 71.9 Å². The molecular weight excluding hydrogens is 402 g/mol. The van der Waals surface area contributed by atoms with Gasteiger partial charge in [0.05, 0.1) is 11.6 Å². The molecule has 8 heteroatoms. The number of aromatic nitrogens is 1. The van der Waals surface area contributed by atoms with E-state index < -0.39 is 27.9 Å². The molecule has 30 heavy (non-hydrogen) atoms. The lowest BCUT2D eigenvalue weighted by atomic mass is 10.1. The highest BCUT2D eigenvalue weighted by Gasteiger charge is 2.37. The van der Waals surface area contributed by atoms with Crippen molar-refractivity contribution in [3.63, 3.8) is 0 Å². The molecule has 2 aromatic carbocycles. The van der Waals surface area contributed by atoms with Crippen LogP contribution in [0.5, 0.6) is 0 Å². The second-order valence-electron chi connectivity index (χ2n) is 8.41. The Labute approximate surface area is 176 Å². The van der Waals surface area contributed by atoms with Crippen LogP contribution in [0.3, 0.4) is 0 Å². The first kappa shape index (κ1) is 20.6. The number of carbonyl (C=O) groups is 1. The van der Waals surface area contributed by atoms with E-state index in [-0.39, 0.29) is 13.1 Å². The molecule has 0 spiro atoms. The number of nitrogens with zero attached hydrogens (tertiary/aromatic N) is 2. The molecule has 4 rings (SSSR count). The first-order valence-electron chi connectivity index (χ1n) is 9.79. The second-order valence-corrected chi connectivity index (χ2v) is 10.1. The molecule has 1 aliphatic rings. The van der Waals surface area contributed by atoms with Gasteiger partial charge in [-0.15, -0.1) is 0 Å². The van der Waals surface area contributed by atoms with E-state index in [2.05, 4.69) is 4.72 Å². The van der Waals surface area contributed by atoms with Crippen molar-refractivity contribution in [1.29, 1.82) is 0 Å². The summed E-state index contributed by atoms with van der Waals surface area (Å²) in [5.74, 6) is 0. The Kier molecular flexibility index (Phi) is 5.17. The normalized spacial score (nSPS) is 19.2. The summed E-state index contributed by atoms with van der Waals surface area (Å²) in [6.45, 7) is 6.00. The van der Waals surface area contributed by atoms with Crippen LogP contribution in [0.4, 0.5) is 4.79 Å². The summed E-state index contributed by atoms with van der Waals surface area (Å²) in [5.41, 5.74) is 1.71. The van der Waals surface area contributed by atoms with E-state index in [4.69, 9.17) is 4.74 Å². The third-order valence-corrected chi connectivity index (χ3v) is 6.47. The molecule has 158 valence electrons. The van der Waals surface area contributed by atoms with Crippen LogP contribution in [-0.2, 0) is 21.5 Å². The first-order valence-corrected chi connectivity index (χ1v) is 11.2. The van der Waals surface area contributed by atoms with Crippen molar-refractivity contribution >= 4 is 27.2 Å². The highest BCUT2D eigenvalue weighted by molar-refractivity contribution is 7.87. The Morgan fingerprint density at radius 2 is 1.77 bits per heavy atom. The first-order chi connectivity index (χ1) is 14.1. The van der Waals surface area contributed by atoms with Gasteiger partial charge in [0.1, 0.15) is 5.60 Å². The van der Waals surface area contributed by atoms with Crippen molar-refractivity contribution in [2.45, 2.75) is 39.0 Å². The van der Waals surface area contributed by atoms with E-state index in [0.29, 0.717) is 5.52 Å². The lowest BCUT2D eigenvalue weighted by Gasteiger charge is -2.19. The largest absolute Gasteiger partial charge is 0.443 e. The van der Waals surface area contributed by atoms with Crippen LogP contribution in [0.15, 0.2) is 60.8 Å². The number of nitrogens with one attached hydrogen (secondary N) is 1. The maximum absolute atomic E-state index is 12.7. The zero-order valence-corrected chi connectivity index (χ0v) is 18.0. The quantitative estimate of drug-likeness (QED) is 0.689. The number of para-hydroxylation sites is 1. The predicted octanol–water partition coefficient (Wildman–Crippen LogP) is 3.82. The summed E-state index contributed by atoms with van der Waals surface area (Å²) in [7, 11) is -3.63. The zero-order chi connectivity index (χ0) is 21.5. The third kappa shape index (κ3) is 4.12. The number of ether oxygens (including phenoxy) is 1. The highest BCUT2D eigenvalue weighted by atomic mass is 32.2. The molecule has 1 N–H and O–H groups in total. The number of rotatable bonds is 3. The number of hydrogen-bond donors (Lipinski definition) is 1. The maximum Gasteiger partial charge on any atom is 0.419 e. The van der Waals surface area contributed by atoms with E-state index in [0.717, 1.165) is 16.5 Å². The molecule has 1 fully saturated rings. The molecule has 0 aliphatic carbocycles. The van der Waals surface area contributed by atoms with E-state index in [1.807, 2.05) is 75.4 Å². The molecule has 0 radical (unpaired) electrons. The van der Waals surface area contributed by atoms with Crippen LogP contribution in [-0.4, -0.2) is 35.5 Å². The molecule has 1 aliphatic heterocycles. The third-order valence-electron chi connectivity index (χ3n) is 4.93. The monoisotopic (exact) mass is 427 g/mol. The van der Waals surface area contributed by atoms with Crippen LogP contribution >= 0.6 is 0 Å². The minimum Gasteiger partial charge on any atom is -0.443 e. The number of hydrogen-bond acceptors (Lipinski definition) is 4. The van der Waals surface area contributed by atoms with Gasteiger partial charge in [0.15, 0.2) is 0 Å². The van der Waals surface area contributed by atoms with Crippen LogP contribution in [0.25, 0.3) is 10.9 Å². The Morgan fingerprint density at radius 3 is 2.47 bits per heavy atom. The smallest absolute Gasteiger partial charge is 0.419 e. The average molecular weight is 428 g/mol. The fourth-order valence-electron chi connectivity index (χ4n) is 3.64. The van der Waals surface area contributed by atoms with E-state index in [9.17, 15) is 13.2 Å². The van der Waals surface area contributed by atoms with Gasteiger partial charge in [-0.05, 0) is 38.0 Å². The van der Waals surface area contributed by atoms with Crippen molar-refractivity contribution in [1.82, 2.24) is 13.6 Å². The Hall–Kier alpha value is -2.68. The average Bonchev–Trinajstić information content (AvgIpc) is 3.19. The fraction of sp³-hybridized carbons (Fsp3) is 0.318. The summed E-state index contributed by atoms with van der Waals surface area (Å²) >= 11 is 0. The molecular formula is C22H25N3O4S. The van der Waals surface area contributed by atoms with Gasteiger partial charge in [-0.25, -0.2) is 4.79 Å². The predicted molar refractivity (Wildman–Crippen MR) is 115 cm³/mol. The molecule has 0 bridgehead atoms. The summed E-state index contributed by atoms with van der Waals surface area (Å²) in [6.07, 6.45) is 1.18. The molecule has 2 heterocycles. The Bertz CT molecular complexity index is 1180. The molecule has 1 aromatic heterocycles. The van der Waals surface area contributed by atoms with Crippen molar-refractivity contribution in [3.8, 4) is 0 Å². The van der Waals surface area contributed by atoms with Gasteiger partial charge in [0, 0.05) is 24.7 Å². The van der Waals surface area contributed by atoms with Crippen LogP contribution in [0.2, 0.25) is 0 Å². The van der Waals surface area contributed by atoms with Crippen molar-refractivity contribution in [2.75, 3.05) is 6.54 Å². The highest BCUT2D eigenvalue weighted by Crippen LogP contribution is 2.32. The molecule has 1 saturated heterocycles. The summed E-state index contributed by atoms with van der Waals surface area (Å²) in [4.78, 5) is 12.7.